The first-order valence-corrected chi connectivity index (χ1v) is 7.49. The Bertz CT molecular complexity index is 849. The first-order valence-electron chi connectivity index (χ1n) is 6.69. The van der Waals surface area contributed by atoms with Crippen LogP contribution in [-0.2, 0) is 0 Å². The minimum Gasteiger partial charge on any atom is -0.360 e. The van der Waals surface area contributed by atoms with Crippen molar-refractivity contribution in [2.24, 2.45) is 0 Å². The number of carbonyl (C=O) groups is 1. The summed E-state index contributed by atoms with van der Waals surface area (Å²) in [7, 11) is 0. The van der Waals surface area contributed by atoms with E-state index in [0.29, 0.717) is 23.1 Å². The van der Waals surface area contributed by atoms with Crippen LogP contribution in [0.4, 0.5) is 17.3 Å². The highest BCUT2D eigenvalue weighted by Gasteiger charge is 2.10. The van der Waals surface area contributed by atoms with E-state index >= 15 is 0 Å². The summed E-state index contributed by atoms with van der Waals surface area (Å²) < 4.78 is 5.84. The third-order valence-corrected chi connectivity index (χ3v) is 3.36. The maximum atomic E-state index is 12.3. The molecule has 0 spiro atoms. The molecule has 0 fully saturated rings. The molecule has 2 N–H and O–H groups in total. The quantitative estimate of drug-likeness (QED) is 0.726. The molecule has 2 heterocycles. The van der Waals surface area contributed by atoms with E-state index < -0.39 is 0 Å². The van der Waals surface area contributed by atoms with Crippen molar-refractivity contribution >= 4 is 39.2 Å². The molecule has 0 unspecified atom stereocenters. The van der Waals surface area contributed by atoms with E-state index in [4.69, 9.17) is 4.52 Å². The van der Waals surface area contributed by atoms with Gasteiger partial charge >= 0.3 is 0 Å². The van der Waals surface area contributed by atoms with Gasteiger partial charge in [0.1, 0.15) is 23.6 Å². The molecule has 0 atom stereocenters. The summed E-state index contributed by atoms with van der Waals surface area (Å²) in [4.78, 5) is 20.3. The van der Waals surface area contributed by atoms with Crippen LogP contribution in [0.1, 0.15) is 16.2 Å². The van der Waals surface area contributed by atoms with Gasteiger partial charge in [-0.1, -0.05) is 27.2 Å². The Morgan fingerprint density at radius 3 is 2.78 bits per heavy atom. The molecule has 3 aromatic rings. The van der Waals surface area contributed by atoms with Gasteiger partial charge < -0.3 is 15.2 Å². The average molecular weight is 374 g/mol. The lowest BCUT2D eigenvalue weighted by atomic mass is 10.3. The molecule has 3 rings (SSSR count). The number of halogens is 1. The highest BCUT2D eigenvalue weighted by Crippen LogP contribution is 2.17. The van der Waals surface area contributed by atoms with E-state index in [1.165, 1.54) is 12.4 Å². The molecular formula is C15H12BrN5O2. The molecule has 0 aliphatic rings. The van der Waals surface area contributed by atoms with Gasteiger partial charge in [-0.3, -0.25) is 4.79 Å². The van der Waals surface area contributed by atoms with Gasteiger partial charge in [0, 0.05) is 22.3 Å². The van der Waals surface area contributed by atoms with Crippen LogP contribution in [-0.4, -0.2) is 21.0 Å². The zero-order valence-electron chi connectivity index (χ0n) is 12.1. The SMILES string of the molecule is Cc1cc(Nc2cc(C(=O)Nc3cccc(Br)c3)ncn2)no1. The van der Waals surface area contributed by atoms with Crippen LogP contribution in [0.15, 0.2) is 51.7 Å². The minimum absolute atomic E-state index is 0.239. The number of nitrogens with one attached hydrogen (secondary N) is 2. The number of hydrogen-bond acceptors (Lipinski definition) is 6. The number of benzene rings is 1. The number of carbonyl (C=O) groups excluding carboxylic acids is 1. The fourth-order valence-electron chi connectivity index (χ4n) is 1.87. The Morgan fingerprint density at radius 1 is 1.17 bits per heavy atom. The zero-order valence-corrected chi connectivity index (χ0v) is 13.7. The van der Waals surface area contributed by atoms with E-state index in [-0.39, 0.29) is 11.6 Å². The molecule has 2 aromatic heterocycles. The van der Waals surface area contributed by atoms with Crippen LogP contribution in [0.2, 0.25) is 0 Å². The summed E-state index contributed by atoms with van der Waals surface area (Å²) in [5.74, 6) is 1.31. The first-order chi connectivity index (χ1) is 11.1. The van der Waals surface area contributed by atoms with E-state index in [2.05, 4.69) is 41.7 Å². The van der Waals surface area contributed by atoms with Crippen LogP contribution in [0.5, 0.6) is 0 Å². The lowest BCUT2D eigenvalue weighted by Crippen LogP contribution is -2.14. The number of hydrogen-bond donors (Lipinski definition) is 2. The first kappa shape index (κ1) is 15.2. The summed E-state index contributed by atoms with van der Waals surface area (Å²) in [6.07, 6.45) is 1.31. The lowest BCUT2D eigenvalue weighted by Gasteiger charge is -2.06. The highest BCUT2D eigenvalue weighted by atomic mass is 79.9. The second-order valence-electron chi connectivity index (χ2n) is 4.70. The van der Waals surface area contributed by atoms with Crippen molar-refractivity contribution in [1.29, 1.82) is 0 Å². The van der Waals surface area contributed by atoms with Gasteiger partial charge in [0.2, 0.25) is 0 Å². The number of nitrogens with zero attached hydrogens (tertiary/aromatic N) is 3. The fraction of sp³-hybridized carbons (Fsp3) is 0.0667. The second-order valence-corrected chi connectivity index (χ2v) is 5.62. The zero-order chi connectivity index (χ0) is 16.2. The molecule has 0 aliphatic heterocycles. The van der Waals surface area contributed by atoms with Crippen molar-refractivity contribution in [3.63, 3.8) is 0 Å². The molecular weight excluding hydrogens is 362 g/mol. The van der Waals surface area contributed by atoms with E-state index in [9.17, 15) is 4.79 Å². The topological polar surface area (TPSA) is 92.9 Å². The fourth-order valence-corrected chi connectivity index (χ4v) is 2.27. The standard InChI is InChI=1S/C15H12BrN5O2/c1-9-5-14(21-23-9)20-13-7-12(17-8-18-13)15(22)19-11-4-2-3-10(16)6-11/h2-8H,1H3,(H,19,22)(H,17,18,20,21). The predicted octanol–water partition coefficient (Wildman–Crippen LogP) is 3.53. The highest BCUT2D eigenvalue weighted by molar-refractivity contribution is 9.10. The molecule has 8 heteroatoms. The number of anilines is 3. The van der Waals surface area contributed by atoms with Gasteiger partial charge in [-0.2, -0.15) is 0 Å². The van der Waals surface area contributed by atoms with Crippen LogP contribution in [0.25, 0.3) is 0 Å². The molecule has 7 nitrogen and oxygen atoms in total. The van der Waals surface area contributed by atoms with E-state index in [1.807, 2.05) is 12.1 Å². The van der Waals surface area contributed by atoms with Crippen molar-refractivity contribution in [2.75, 3.05) is 10.6 Å². The van der Waals surface area contributed by atoms with Gasteiger partial charge in [0.05, 0.1) is 0 Å². The van der Waals surface area contributed by atoms with Crippen molar-refractivity contribution < 1.29 is 9.32 Å². The smallest absolute Gasteiger partial charge is 0.274 e. The van der Waals surface area contributed by atoms with Crippen molar-refractivity contribution in [2.45, 2.75) is 6.92 Å². The Hall–Kier alpha value is -2.74. The van der Waals surface area contributed by atoms with E-state index in [0.717, 1.165) is 4.47 Å². The van der Waals surface area contributed by atoms with Crippen molar-refractivity contribution in [3.05, 3.63) is 58.7 Å². The summed E-state index contributed by atoms with van der Waals surface area (Å²) in [6.45, 7) is 1.79. The molecule has 0 saturated carbocycles. The largest absolute Gasteiger partial charge is 0.360 e. The number of aromatic nitrogens is 3. The molecule has 0 bridgehead atoms. The van der Waals surface area contributed by atoms with Gasteiger partial charge in [-0.05, 0) is 25.1 Å². The van der Waals surface area contributed by atoms with Crippen molar-refractivity contribution in [3.8, 4) is 0 Å². The van der Waals surface area contributed by atoms with Crippen molar-refractivity contribution in [1.82, 2.24) is 15.1 Å². The maximum absolute atomic E-state index is 12.3. The molecule has 116 valence electrons. The summed E-state index contributed by atoms with van der Waals surface area (Å²) in [5, 5.41) is 9.53. The Balaban J connectivity index is 1.75. The molecule has 1 aromatic carbocycles. The molecule has 1 amide bonds. The monoisotopic (exact) mass is 373 g/mol. The third-order valence-electron chi connectivity index (χ3n) is 2.87. The predicted molar refractivity (Wildman–Crippen MR) is 88.6 cm³/mol. The summed E-state index contributed by atoms with van der Waals surface area (Å²) in [6, 6.07) is 10.6. The number of amides is 1. The van der Waals surface area contributed by atoms with E-state index in [1.54, 1.807) is 25.1 Å². The minimum atomic E-state index is -0.329. The average Bonchev–Trinajstić information content (AvgIpc) is 2.92. The molecule has 0 radical (unpaired) electrons. The third kappa shape index (κ3) is 3.92. The van der Waals surface area contributed by atoms with Crippen LogP contribution < -0.4 is 10.6 Å². The number of aryl methyl sites for hydroxylation is 1. The van der Waals surface area contributed by atoms with Gasteiger partial charge in [0.25, 0.3) is 5.91 Å². The Kier molecular flexibility index (Phi) is 4.33. The molecule has 0 aliphatic carbocycles. The lowest BCUT2D eigenvalue weighted by molar-refractivity contribution is 0.102. The maximum Gasteiger partial charge on any atom is 0.274 e. The second kappa shape index (κ2) is 6.57. The molecule has 23 heavy (non-hydrogen) atoms. The number of rotatable bonds is 4. The van der Waals surface area contributed by atoms with Gasteiger partial charge in [-0.15, -0.1) is 0 Å². The van der Waals surface area contributed by atoms with Crippen LogP contribution in [0.3, 0.4) is 0 Å². The summed E-state index contributed by atoms with van der Waals surface area (Å²) >= 11 is 3.36. The van der Waals surface area contributed by atoms with Gasteiger partial charge in [-0.25, -0.2) is 9.97 Å². The Morgan fingerprint density at radius 2 is 2.04 bits per heavy atom. The summed E-state index contributed by atoms with van der Waals surface area (Å²) in [5.41, 5.74) is 0.910. The molecule has 0 saturated heterocycles. The normalized spacial score (nSPS) is 10.3. The van der Waals surface area contributed by atoms with Gasteiger partial charge in [0.15, 0.2) is 5.82 Å². The van der Waals surface area contributed by atoms with Crippen LogP contribution in [0, 0.1) is 6.92 Å². The Labute approximate surface area is 140 Å². The van der Waals surface area contributed by atoms with Crippen LogP contribution >= 0.6 is 15.9 Å².